The number of nitro benzene ring substituents is 2. The maximum absolute atomic E-state index is 13.6. The first-order chi connectivity index (χ1) is 26.3. The molecule has 3 aromatic heterocycles. The first-order valence-electron chi connectivity index (χ1n) is 17.1. The zero-order chi connectivity index (χ0) is 39.5. The van der Waals surface area contributed by atoms with Gasteiger partial charge in [-0.15, -0.1) is 10.2 Å². The van der Waals surface area contributed by atoms with E-state index in [-0.39, 0.29) is 32.0 Å². The number of rotatable bonds is 19. The van der Waals surface area contributed by atoms with Gasteiger partial charge in [-0.3, -0.25) is 20.2 Å². The Balaban J connectivity index is 1.60. The van der Waals surface area contributed by atoms with Crippen LogP contribution in [0.15, 0.2) is 67.3 Å². The van der Waals surface area contributed by atoms with E-state index in [9.17, 15) is 25.0 Å². The maximum atomic E-state index is 13.6. The lowest BCUT2D eigenvalue weighted by atomic mass is 9.92. The van der Waals surface area contributed by atoms with Crippen molar-refractivity contribution in [2.24, 2.45) is 0 Å². The largest absolute Gasteiger partial charge is 0.456 e. The van der Waals surface area contributed by atoms with Gasteiger partial charge in [0.15, 0.2) is 12.4 Å². The van der Waals surface area contributed by atoms with Gasteiger partial charge in [0.1, 0.15) is 23.1 Å². The van der Waals surface area contributed by atoms with Gasteiger partial charge in [0.25, 0.3) is 11.4 Å². The lowest BCUT2D eigenvalue weighted by Crippen LogP contribution is -2.30. The molecule has 0 atom stereocenters. The van der Waals surface area contributed by atoms with E-state index >= 15 is 0 Å². The Bertz CT molecular complexity index is 2040. The van der Waals surface area contributed by atoms with Crippen molar-refractivity contribution in [2.75, 3.05) is 40.6 Å². The summed E-state index contributed by atoms with van der Waals surface area (Å²) in [6.07, 6.45) is 6.73. The number of nitrogens with zero attached hydrogens (tertiary/aromatic N) is 9. The smallest absolute Gasteiger partial charge is 0.347 e. The molecule has 0 unspecified atom stereocenters. The molecule has 290 valence electrons. The third-order valence-electron chi connectivity index (χ3n) is 7.90. The van der Waals surface area contributed by atoms with Gasteiger partial charge in [-0.1, -0.05) is 10.4 Å². The molecule has 3 heterocycles. The summed E-state index contributed by atoms with van der Waals surface area (Å²) < 4.78 is 31.8. The summed E-state index contributed by atoms with van der Waals surface area (Å²) in [6.45, 7) is 7.79. The van der Waals surface area contributed by atoms with Gasteiger partial charge in [-0.05, 0) is 55.2 Å². The van der Waals surface area contributed by atoms with E-state index in [1.807, 2.05) is 0 Å². The molecule has 0 N–H and O–H groups in total. The summed E-state index contributed by atoms with van der Waals surface area (Å²) in [5.74, 6) is -0.533. The third-order valence-corrected chi connectivity index (χ3v) is 7.90. The molecule has 19 heteroatoms. The van der Waals surface area contributed by atoms with Crippen LogP contribution in [0.2, 0.25) is 0 Å². The van der Waals surface area contributed by atoms with E-state index in [1.54, 1.807) is 93.4 Å². The minimum atomic E-state index is -0.767. The number of aromatic nitrogens is 7. The van der Waals surface area contributed by atoms with Gasteiger partial charge < -0.3 is 23.7 Å². The highest BCUT2D eigenvalue weighted by Crippen LogP contribution is 2.32. The van der Waals surface area contributed by atoms with Crippen molar-refractivity contribution in [3.8, 4) is 16.8 Å². The Labute approximate surface area is 315 Å². The zero-order valence-corrected chi connectivity index (χ0v) is 31.1. The van der Waals surface area contributed by atoms with Crippen molar-refractivity contribution in [1.29, 1.82) is 0 Å². The van der Waals surface area contributed by atoms with Crippen LogP contribution in [-0.4, -0.2) is 92.1 Å². The van der Waals surface area contributed by atoms with Crippen molar-refractivity contribution in [3.05, 3.63) is 116 Å². The Kier molecular flexibility index (Phi) is 13.4. The minimum absolute atomic E-state index is 0.133. The normalized spacial score (nSPS) is 11.5. The number of methoxy groups -OCH3 is 2. The molecule has 0 fully saturated rings. The fourth-order valence-corrected chi connectivity index (χ4v) is 5.54. The number of carbonyl (C=O) groups is 1. The summed E-state index contributed by atoms with van der Waals surface area (Å²) in [5.41, 5.74) is 2.78. The van der Waals surface area contributed by atoms with Gasteiger partial charge in [-0.25, -0.2) is 14.2 Å². The van der Waals surface area contributed by atoms with Gasteiger partial charge in [0, 0.05) is 38.5 Å². The molecular weight excluding hydrogens is 718 g/mol. The number of non-ortho nitro benzene ring substituents is 1. The lowest BCUT2D eigenvalue weighted by molar-refractivity contribution is -0.600. The quantitative estimate of drug-likeness (QED) is 0.0382. The number of hydrogen-bond donors (Lipinski definition) is 0. The first-order valence-corrected chi connectivity index (χ1v) is 17.1. The second-order valence-electron chi connectivity index (χ2n) is 13.3. The van der Waals surface area contributed by atoms with E-state index in [2.05, 4.69) is 20.6 Å². The summed E-state index contributed by atoms with van der Waals surface area (Å²) >= 11 is 0. The molecule has 0 aliphatic carbocycles. The Morgan fingerprint density at radius 2 is 1.33 bits per heavy atom. The molecule has 2 aromatic carbocycles. The second kappa shape index (κ2) is 18.3. The summed E-state index contributed by atoms with van der Waals surface area (Å²) in [6, 6.07) is 10.4. The molecule has 5 rings (SSSR count). The average molecular weight is 761 g/mol. The third kappa shape index (κ3) is 11.0. The number of carbonyl (C=O) groups excluding carboxylic acids is 1. The van der Waals surface area contributed by atoms with Crippen LogP contribution in [0.1, 0.15) is 53.6 Å². The predicted octanol–water partition coefficient (Wildman–Crippen LogP) is 4.01. The number of nitro groups is 2. The molecule has 0 saturated carbocycles. The van der Waals surface area contributed by atoms with Crippen LogP contribution in [0.5, 0.6) is 0 Å². The highest BCUT2D eigenvalue weighted by atomic mass is 16.6. The van der Waals surface area contributed by atoms with Crippen LogP contribution >= 0.6 is 0 Å². The van der Waals surface area contributed by atoms with Gasteiger partial charge in [0.05, 0.1) is 80.5 Å². The monoisotopic (exact) mass is 760 g/mol. The number of pyridine rings is 1. The van der Waals surface area contributed by atoms with Crippen LogP contribution in [0, 0.1) is 20.2 Å². The topological polar surface area (TPSA) is 215 Å². The van der Waals surface area contributed by atoms with Gasteiger partial charge in [0.2, 0.25) is 0 Å². The number of ether oxygens (including phenoxy) is 5. The average Bonchev–Trinajstić information content (AvgIpc) is 3.80. The minimum Gasteiger partial charge on any atom is -0.456 e. The summed E-state index contributed by atoms with van der Waals surface area (Å²) in [4.78, 5) is 35.5. The van der Waals surface area contributed by atoms with Gasteiger partial charge in [-0.2, -0.15) is 4.57 Å². The molecule has 0 radical (unpaired) electrons. The molecule has 0 spiro atoms. The molecule has 0 saturated heterocycles. The predicted molar refractivity (Wildman–Crippen MR) is 193 cm³/mol. The molecule has 0 amide bonds. The van der Waals surface area contributed by atoms with Gasteiger partial charge >= 0.3 is 11.7 Å². The van der Waals surface area contributed by atoms with E-state index in [0.717, 1.165) is 11.6 Å². The van der Waals surface area contributed by atoms with Crippen molar-refractivity contribution >= 4 is 17.3 Å². The van der Waals surface area contributed by atoms with E-state index < -0.39 is 32.8 Å². The fraction of sp³-hybridized carbons (Fsp3) is 0.389. The zero-order valence-electron chi connectivity index (χ0n) is 31.1. The molecular formula is C36H42N9O10+. The summed E-state index contributed by atoms with van der Waals surface area (Å²) in [7, 11) is 3.17. The van der Waals surface area contributed by atoms with Crippen LogP contribution in [0.25, 0.3) is 16.8 Å². The van der Waals surface area contributed by atoms with E-state index in [4.69, 9.17) is 23.7 Å². The molecule has 0 aliphatic heterocycles. The second-order valence-corrected chi connectivity index (χ2v) is 13.3. The molecule has 0 aliphatic rings. The SMILES string of the molecule is COCCOCc1cn(Cc2cc(C(=O)OC(C)(C)C)cc(Cn3cc(COCCOC)nn3)c2-c2cc[n+](-c3ccc([N+](=O)[O-])cc3[N+](=O)[O-])cc2)nn1. The highest BCUT2D eigenvalue weighted by molar-refractivity contribution is 5.91. The first kappa shape index (κ1) is 40.2. The van der Waals surface area contributed by atoms with Crippen molar-refractivity contribution in [2.45, 2.75) is 52.7 Å². The van der Waals surface area contributed by atoms with Crippen molar-refractivity contribution < 1.29 is 42.9 Å². The molecule has 55 heavy (non-hydrogen) atoms. The molecule has 19 nitrogen and oxygen atoms in total. The lowest BCUT2D eigenvalue weighted by Gasteiger charge is -2.21. The number of benzene rings is 2. The van der Waals surface area contributed by atoms with E-state index in [1.165, 1.54) is 16.7 Å². The molecule has 5 aromatic rings. The maximum Gasteiger partial charge on any atom is 0.347 e. The number of hydrogen-bond acceptors (Lipinski definition) is 14. The highest BCUT2D eigenvalue weighted by Gasteiger charge is 2.27. The Morgan fingerprint density at radius 3 is 1.80 bits per heavy atom. The van der Waals surface area contributed by atoms with Crippen LogP contribution < -0.4 is 4.57 Å². The van der Waals surface area contributed by atoms with Crippen molar-refractivity contribution in [1.82, 2.24) is 30.0 Å². The van der Waals surface area contributed by atoms with Crippen LogP contribution in [0.4, 0.5) is 11.4 Å². The Morgan fingerprint density at radius 1 is 0.782 bits per heavy atom. The van der Waals surface area contributed by atoms with Crippen LogP contribution in [0.3, 0.4) is 0 Å². The number of esters is 1. The van der Waals surface area contributed by atoms with E-state index in [0.29, 0.717) is 60.1 Å². The van der Waals surface area contributed by atoms with Crippen molar-refractivity contribution in [3.63, 3.8) is 0 Å². The summed E-state index contributed by atoms with van der Waals surface area (Å²) in [5, 5.41) is 40.4. The fourth-order valence-electron chi connectivity index (χ4n) is 5.54. The standard InChI is InChI=1S/C36H42N9O10/c1-36(2,3)55-35(46)26-16-27(19-42-21-29(37-39-42)23-53-14-12-51-4)34(28(17-26)20-43-22-30(38-40-43)24-54-15-13-52-5)25-8-10-41(11-9-25)32-7-6-31(44(47)48)18-33(32)45(49)50/h6-11,16-18,21-22H,12-15,19-20,23-24H2,1-5H3/q+1. The molecule has 0 bridgehead atoms. The Hall–Kier alpha value is -6.02. The van der Waals surface area contributed by atoms with Crippen LogP contribution in [-0.2, 0) is 50.0 Å².